The molecule has 3 aromatic rings. The molecule has 0 saturated heterocycles. The van der Waals surface area contributed by atoms with E-state index in [2.05, 4.69) is 21.6 Å². The molecule has 0 aliphatic carbocycles. The number of nitrogens with zero attached hydrogens (tertiary/aromatic N) is 5. The average molecular weight is 307 g/mol. The van der Waals surface area contributed by atoms with Crippen LogP contribution >= 0.6 is 0 Å². The minimum Gasteiger partial charge on any atom is -0.497 e. The molecule has 7 nitrogen and oxygen atoms in total. The Balaban J connectivity index is 1.86. The fraction of sp³-hybridized carbons (Fsp3) is 0.125. The summed E-state index contributed by atoms with van der Waals surface area (Å²) in [5.74, 6) is 1.35. The lowest BCUT2D eigenvalue weighted by molar-refractivity contribution is 0.303. The van der Waals surface area contributed by atoms with Crippen molar-refractivity contribution in [2.24, 2.45) is 0 Å². The van der Waals surface area contributed by atoms with Gasteiger partial charge in [-0.1, -0.05) is 12.1 Å². The number of hydrogen-bond donors (Lipinski definition) is 0. The maximum Gasteiger partial charge on any atom is 0.145 e. The highest BCUT2D eigenvalue weighted by Gasteiger charge is 2.09. The summed E-state index contributed by atoms with van der Waals surface area (Å²) < 4.78 is 12.5. The molecule has 0 unspecified atom stereocenters. The molecule has 0 aliphatic rings. The van der Waals surface area contributed by atoms with E-state index in [9.17, 15) is 0 Å². The second-order valence-corrected chi connectivity index (χ2v) is 4.69. The number of aromatic nitrogens is 4. The van der Waals surface area contributed by atoms with E-state index in [1.807, 2.05) is 24.3 Å². The number of hydrogen-bond acceptors (Lipinski definition) is 6. The number of tetrazole rings is 1. The second-order valence-electron chi connectivity index (χ2n) is 4.69. The standard InChI is InChI=1S/C16H13N5O2/c1-22-14-4-2-3-13(7-14)10-23-16-6-5-12(9-17)8-15(16)21-11-18-19-20-21/h2-8,11H,10H2,1H3. The summed E-state index contributed by atoms with van der Waals surface area (Å²) in [6, 6.07) is 14.8. The maximum atomic E-state index is 9.05. The molecule has 0 N–H and O–H groups in total. The Morgan fingerprint density at radius 2 is 2.13 bits per heavy atom. The Bertz CT molecular complexity index is 840. The highest BCUT2D eigenvalue weighted by Crippen LogP contribution is 2.24. The lowest BCUT2D eigenvalue weighted by atomic mass is 10.2. The highest BCUT2D eigenvalue weighted by atomic mass is 16.5. The number of nitriles is 1. The van der Waals surface area contributed by atoms with Crippen molar-refractivity contribution in [3.63, 3.8) is 0 Å². The van der Waals surface area contributed by atoms with Crippen LogP contribution < -0.4 is 9.47 Å². The topological polar surface area (TPSA) is 85.9 Å². The average Bonchev–Trinajstić information content (AvgIpc) is 3.14. The van der Waals surface area contributed by atoms with Crippen LogP contribution in [0.15, 0.2) is 48.8 Å². The zero-order chi connectivity index (χ0) is 16.1. The summed E-state index contributed by atoms with van der Waals surface area (Å²) in [6.07, 6.45) is 1.45. The van der Waals surface area contributed by atoms with E-state index in [0.717, 1.165) is 11.3 Å². The van der Waals surface area contributed by atoms with Gasteiger partial charge in [0.25, 0.3) is 0 Å². The molecule has 7 heteroatoms. The molecule has 0 fully saturated rings. The van der Waals surface area contributed by atoms with Gasteiger partial charge in [0.1, 0.15) is 30.1 Å². The highest BCUT2D eigenvalue weighted by molar-refractivity contribution is 5.51. The van der Waals surface area contributed by atoms with Gasteiger partial charge in [0.15, 0.2) is 0 Å². The molecule has 0 radical (unpaired) electrons. The van der Waals surface area contributed by atoms with Crippen molar-refractivity contribution in [2.45, 2.75) is 6.61 Å². The summed E-state index contributed by atoms with van der Waals surface area (Å²) >= 11 is 0. The largest absolute Gasteiger partial charge is 0.497 e. The third-order valence-electron chi connectivity index (χ3n) is 3.21. The smallest absolute Gasteiger partial charge is 0.145 e. The summed E-state index contributed by atoms with van der Waals surface area (Å²) in [6.45, 7) is 0.359. The summed E-state index contributed by atoms with van der Waals surface area (Å²) in [5, 5.41) is 20.1. The number of ether oxygens (including phenoxy) is 2. The quantitative estimate of drug-likeness (QED) is 0.717. The Morgan fingerprint density at radius 1 is 1.22 bits per heavy atom. The van der Waals surface area contributed by atoms with Gasteiger partial charge >= 0.3 is 0 Å². The van der Waals surface area contributed by atoms with Crippen molar-refractivity contribution in [2.75, 3.05) is 7.11 Å². The third-order valence-corrected chi connectivity index (χ3v) is 3.21. The van der Waals surface area contributed by atoms with E-state index >= 15 is 0 Å². The molecule has 3 rings (SSSR count). The molecule has 0 aliphatic heterocycles. The van der Waals surface area contributed by atoms with Gasteiger partial charge in [0.05, 0.1) is 18.7 Å². The van der Waals surface area contributed by atoms with Crippen molar-refractivity contribution in [3.8, 4) is 23.3 Å². The van der Waals surface area contributed by atoms with E-state index in [1.54, 1.807) is 25.3 Å². The van der Waals surface area contributed by atoms with E-state index in [0.29, 0.717) is 23.6 Å². The van der Waals surface area contributed by atoms with Crippen LogP contribution in [-0.2, 0) is 6.61 Å². The lowest BCUT2D eigenvalue weighted by Gasteiger charge is -2.11. The van der Waals surface area contributed by atoms with E-state index in [4.69, 9.17) is 14.7 Å². The molecule has 0 amide bonds. The maximum absolute atomic E-state index is 9.05. The molecule has 0 bridgehead atoms. The summed E-state index contributed by atoms with van der Waals surface area (Å²) in [7, 11) is 1.62. The first kappa shape index (κ1) is 14.5. The molecule has 23 heavy (non-hydrogen) atoms. The number of rotatable bonds is 5. The Kier molecular flexibility index (Phi) is 4.16. The monoisotopic (exact) mass is 307 g/mol. The molecule has 1 aromatic heterocycles. The van der Waals surface area contributed by atoms with Gasteiger partial charge in [0.2, 0.25) is 0 Å². The molecular weight excluding hydrogens is 294 g/mol. The SMILES string of the molecule is COc1cccc(COc2ccc(C#N)cc2-n2cnnn2)c1. The zero-order valence-corrected chi connectivity index (χ0v) is 12.4. The molecule has 0 saturated carbocycles. The molecule has 0 atom stereocenters. The Morgan fingerprint density at radius 3 is 2.87 bits per heavy atom. The van der Waals surface area contributed by atoms with E-state index in [-0.39, 0.29) is 0 Å². The zero-order valence-electron chi connectivity index (χ0n) is 12.4. The minimum atomic E-state index is 0.359. The number of benzene rings is 2. The van der Waals surface area contributed by atoms with Gasteiger partial charge in [-0.05, 0) is 46.3 Å². The third kappa shape index (κ3) is 3.27. The first-order chi connectivity index (χ1) is 11.3. The first-order valence-electron chi connectivity index (χ1n) is 6.83. The molecule has 2 aromatic carbocycles. The summed E-state index contributed by atoms with van der Waals surface area (Å²) in [5.41, 5.74) is 2.08. The van der Waals surface area contributed by atoms with Crippen LogP contribution in [0.4, 0.5) is 0 Å². The normalized spacial score (nSPS) is 10.1. The van der Waals surface area contributed by atoms with Crippen molar-refractivity contribution >= 4 is 0 Å². The van der Waals surface area contributed by atoms with Crippen molar-refractivity contribution in [3.05, 3.63) is 59.9 Å². The van der Waals surface area contributed by atoms with Crippen LogP contribution in [-0.4, -0.2) is 27.3 Å². The lowest BCUT2D eigenvalue weighted by Crippen LogP contribution is -2.03. The van der Waals surface area contributed by atoms with E-state index in [1.165, 1.54) is 11.0 Å². The van der Waals surface area contributed by atoms with E-state index < -0.39 is 0 Å². The van der Waals surface area contributed by atoms with Crippen LogP contribution in [0.25, 0.3) is 5.69 Å². The van der Waals surface area contributed by atoms with Crippen LogP contribution in [0.1, 0.15) is 11.1 Å². The van der Waals surface area contributed by atoms with Crippen LogP contribution in [0.5, 0.6) is 11.5 Å². The van der Waals surface area contributed by atoms with Crippen LogP contribution in [0.2, 0.25) is 0 Å². The fourth-order valence-corrected chi connectivity index (χ4v) is 2.08. The second kappa shape index (κ2) is 6.58. The van der Waals surface area contributed by atoms with Crippen LogP contribution in [0.3, 0.4) is 0 Å². The molecule has 0 spiro atoms. The van der Waals surface area contributed by atoms with Gasteiger partial charge in [-0.25, -0.2) is 0 Å². The Labute approximate surface area is 132 Å². The van der Waals surface area contributed by atoms with Gasteiger partial charge in [-0.2, -0.15) is 9.94 Å². The summed E-state index contributed by atoms with van der Waals surface area (Å²) in [4.78, 5) is 0. The van der Waals surface area contributed by atoms with Gasteiger partial charge < -0.3 is 9.47 Å². The van der Waals surface area contributed by atoms with Crippen molar-refractivity contribution < 1.29 is 9.47 Å². The van der Waals surface area contributed by atoms with Gasteiger partial charge in [-0.3, -0.25) is 0 Å². The first-order valence-corrected chi connectivity index (χ1v) is 6.83. The Hall–Kier alpha value is -3.40. The number of methoxy groups -OCH3 is 1. The van der Waals surface area contributed by atoms with Gasteiger partial charge in [0, 0.05) is 0 Å². The minimum absolute atomic E-state index is 0.359. The van der Waals surface area contributed by atoms with Gasteiger partial charge in [-0.15, -0.1) is 5.10 Å². The predicted molar refractivity (Wildman–Crippen MR) is 81.2 cm³/mol. The predicted octanol–water partition coefficient (Wildman–Crippen LogP) is 2.12. The fourth-order valence-electron chi connectivity index (χ4n) is 2.08. The molecule has 1 heterocycles. The molecule has 114 valence electrons. The molecular formula is C16H13N5O2. The van der Waals surface area contributed by atoms with Crippen molar-refractivity contribution in [1.29, 1.82) is 5.26 Å². The van der Waals surface area contributed by atoms with Crippen LogP contribution in [0, 0.1) is 11.3 Å². The van der Waals surface area contributed by atoms with Crippen molar-refractivity contribution in [1.82, 2.24) is 20.2 Å².